The van der Waals surface area contributed by atoms with E-state index in [1.54, 1.807) is 18.3 Å². The predicted octanol–water partition coefficient (Wildman–Crippen LogP) is 2.47. The molecule has 0 aliphatic heterocycles. The molecule has 0 saturated carbocycles. The number of aryl methyl sites for hydroxylation is 2. The van der Waals surface area contributed by atoms with Gasteiger partial charge in [0.2, 0.25) is 5.88 Å². The highest BCUT2D eigenvalue weighted by Crippen LogP contribution is 2.25. The van der Waals surface area contributed by atoms with Gasteiger partial charge in [-0.05, 0) is 39.0 Å². The molecule has 0 spiro atoms. The molecule has 26 heavy (non-hydrogen) atoms. The van der Waals surface area contributed by atoms with E-state index in [9.17, 15) is 4.79 Å². The van der Waals surface area contributed by atoms with Crippen LogP contribution in [0.4, 0.5) is 0 Å². The lowest BCUT2D eigenvalue weighted by Gasteiger charge is -2.06. The van der Waals surface area contributed by atoms with Crippen LogP contribution in [0.3, 0.4) is 0 Å². The average molecular weight is 353 g/mol. The molecule has 8 nitrogen and oxygen atoms in total. The molecule has 0 unspecified atom stereocenters. The molecule has 134 valence electrons. The van der Waals surface area contributed by atoms with Gasteiger partial charge < -0.3 is 14.6 Å². The largest absolute Gasteiger partial charge is 0.472 e. The van der Waals surface area contributed by atoms with Crippen molar-refractivity contribution in [2.75, 3.05) is 6.54 Å². The maximum atomic E-state index is 11.7. The lowest BCUT2D eigenvalue weighted by molar-refractivity contribution is 0.0949. The minimum Gasteiger partial charge on any atom is -0.472 e. The van der Waals surface area contributed by atoms with Crippen molar-refractivity contribution >= 4 is 5.91 Å². The van der Waals surface area contributed by atoms with Crippen molar-refractivity contribution in [3.05, 3.63) is 53.2 Å². The number of pyridine rings is 1. The fourth-order valence-corrected chi connectivity index (χ4v) is 2.31. The number of ether oxygens (including phenoxy) is 1. The summed E-state index contributed by atoms with van der Waals surface area (Å²) in [6.45, 7) is 6.33. The third-order valence-electron chi connectivity index (χ3n) is 3.74. The van der Waals surface area contributed by atoms with Gasteiger partial charge in [-0.15, -0.1) is 10.2 Å². The summed E-state index contributed by atoms with van der Waals surface area (Å²) in [5, 5.41) is 14.6. The Kier molecular flexibility index (Phi) is 5.21. The van der Waals surface area contributed by atoms with Crippen LogP contribution in [0.2, 0.25) is 0 Å². The third kappa shape index (κ3) is 3.85. The number of amides is 1. The predicted molar refractivity (Wildman–Crippen MR) is 93.6 cm³/mol. The second kappa shape index (κ2) is 7.73. The van der Waals surface area contributed by atoms with Crippen LogP contribution in [-0.4, -0.2) is 32.8 Å². The van der Waals surface area contributed by atoms with Crippen molar-refractivity contribution in [2.24, 2.45) is 0 Å². The normalized spacial score (nSPS) is 10.6. The number of carbonyl (C=O) groups excluding carboxylic acids is 1. The van der Waals surface area contributed by atoms with E-state index >= 15 is 0 Å². The molecule has 1 N–H and O–H groups in total. The van der Waals surface area contributed by atoms with Crippen molar-refractivity contribution in [1.29, 1.82) is 0 Å². The second-order valence-electron chi connectivity index (χ2n) is 5.66. The van der Waals surface area contributed by atoms with Crippen LogP contribution in [0.5, 0.6) is 5.88 Å². The molecule has 3 aromatic rings. The highest BCUT2D eigenvalue weighted by atomic mass is 16.5. The Morgan fingerprint density at radius 1 is 1.19 bits per heavy atom. The minimum absolute atomic E-state index is 0.216. The molecule has 0 saturated heterocycles. The number of hydrogen-bond donors (Lipinski definition) is 1. The molecule has 3 heterocycles. The molecule has 0 bridgehead atoms. The smallest absolute Gasteiger partial charge is 0.271 e. The Balaban J connectivity index is 1.73. The van der Waals surface area contributed by atoms with E-state index in [1.807, 2.05) is 32.9 Å². The Morgan fingerprint density at radius 2 is 2.04 bits per heavy atom. The summed E-state index contributed by atoms with van der Waals surface area (Å²) in [5.41, 5.74) is 3.51. The zero-order chi connectivity index (χ0) is 18.5. The van der Waals surface area contributed by atoms with Gasteiger partial charge in [0.05, 0.1) is 5.56 Å². The Labute approximate surface area is 150 Å². The number of hydrogen-bond acceptors (Lipinski definition) is 7. The summed E-state index contributed by atoms with van der Waals surface area (Å²) in [6, 6.07) is 7.02. The SMILES string of the molecule is CCNC(=O)c1ccc(OCc2c(-c3ccc(C)nc3)noc2C)nn1. The van der Waals surface area contributed by atoms with E-state index in [-0.39, 0.29) is 18.2 Å². The summed E-state index contributed by atoms with van der Waals surface area (Å²) < 4.78 is 11.0. The topological polar surface area (TPSA) is 103 Å². The van der Waals surface area contributed by atoms with Crippen molar-refractivity contribution in [3.63, 3.8) is 0 Å². The standard InChI is InChI=1S/C18H19N5O3/c1-4-19-18(24)15-7-8-16(22-21-15)25-10-14-12(3)26-23-17(14)13-6-5-11(2)20-9-13/h5-9H,4,10H2,1-3H3,(H,19,24). The monoisotopic (exact) mass is 353 g/mol. The molecule has 3 rings (SSSR count). The molecule has 8 heteroatoms. The molecule has 3 aromatic heterocycles. The Bertz CT molecular complexity index is 888. The van der Waals surface area contributed by atoms with Gasteiger partial charge in [-0.1, -0.05) is 5.16 Å². The molecule has 0 atom stereocenters. The maximum absolute atomic E-state index is 11.7. The maximum Gasteiger partial charge on any atom is 0.271 e. The van der Waals surface area contributed by atoms with Crippen molar-refractivity contribution < 1.29 is 14.1 Å². The van der Waals surface area contributed by atoms with Crippen LogP contribution in [0, 0.1) is 13.8 Å². The van der Waals surface area contributed by atoms with Crippen LogP contribution < -0.4 is 10.1 Å². The summed E-state index contributed by atoms with van der Waals surface area (Å²) in [7, 11) is 0. The fraction of sp³-hybridized carbons (Fsp3) is 0.278. The second-order valence-corrected chi connectivity index (χ2v) is 5.66. The van der Waals surface area contributed by atoms with Gasteiger partial charge in [-0.25, -0.2) is 0 Å². The van der Waals surface area contributed by atoms with E-state index in [1.165, 1.54) is 0 Å². The Morgan fingerprint density at radius 3 is 2.69 bits per heavy atom. The highest BCUT2D eigenvalue weighted by molar-refractivity contribution is 5.91. The van der Waals surface area contributed by atoms with Crippen LogP contribution in [0.15, 0.2) is 35.0 Å². The van der Waals surface area contributed by atoms with Crippen LogP contribution in [0.1, 0.15) is 34.4 Å². The molecule has 1 amide bonds. The Hall–Kier alpha value is -3.29. The number of rotatable bonds is 6. The van der Waals surface area contributed by atoms with Gasteiger partial charge in [0.1, 0.15) is 18.1 Å². The van der Waals surface area contributed by atoms with E-state index in [4.69, 9.17) is 9.26 Å². The number of aromatic nitrogens is 4. The van der Waals surface area contributed by atoms with E-state index in [0.29, 0.717) is 23.9 Å². The first-order valence-electron chi connectivity index (χ1n) is 8.21. The highest BCUT2D eigenvalue weighted by Gasteiger charge is 2.16. The summed E-state index contributed by atoms with van der Waals surface area (Å²) in [4.78, 5) is 16.0. The number of carbonyl (C=O) groups is 1. The minimum atomic E-state index is -0.268. The summed E-state index contributed by atoms with van der Waals surface area (Å²) in [5.74, 6) is 0.703. The number of nitrogens with zero attached hydrogens (tertiary/aromatic N) is 4. The van der Waals surface area contributed by atoms with E-state index < -0.39 is 0 Å². The quantitative estimate of drug-likeness (QED) is 0.726. The van der Waals surface area contributed by atoms with Gasteiger partial charge >= 0.3 is 0 Å². The van der Waals surface area contributed by atoms with Gasteiger partial charge in [0.25, 0.3) is 5.91 Å². The molecule has 0 aliphatic carbocycles. The van der Waals surface area contributed by atoms with Crippen molar-refractivity contribution in [3.8, 4) is 17.1 Å². The summed E-state index contributed by atoms with van der Waals surface area (Å²) >= 11 is 0. The first kappa shape index (κ1) is 17.5. The first-order valence-corrected chi connectivity index (χ1v) is 8.21. The fourth-order valence-electron chi connectivity index (χ4n) is 2.31. The van der Waals surface area contributed by atoms with Crippen molar-refractivity contribution in [2.45, 2.75) is 27.4 Å². The third-order valence-corrected chi connectivity index (χ3v) is 3.74. The van der Waals surface area contributed by atoms with E-state index in [0.717, 1.165) is 16.8 Å². The average Bonchev–Trinajstić information content (AvgIpc) is 3.02. The van der Waals surface area contributed by atoms with Gasteiger partial charge in [-0.3, -0.25) is 9.78 Å². The summed E-state index contributed by atoms with van der Waals surface area (Å²) in [6.07, 6.45) is 1.75. The van der Waals surface area contributed by atoms with E-state index in [2.05, 4.69) is 25.7 Å². The zero-order valence-electron chi connectivity index (χ0n) is 14.8. The molecule has 0 fully saturated rings. The van der Waals surface area contributed by atoms with Crippen LogP contribution in [-0.2, 0) is 6.61 Å². The zero-order valence-corrected chi connectivity index (χ0v) is 14.8. The van der Waals surface area contributed by atoms with Gasteiger partial charge in [0.15, 0.2) is 5.69 Å². The van der Waals surface area contributed by atoms with Gasteiger partial charge in [0, 0.05) is 30.1 Å². The van der Waals surface area contributed by atoms with Crippen LogP contribution >= 0.6 is 0 Å². The first-order chi connectivity index (χ1) is 12.6. The molecular formula is C18H19N5O3. The molecule has 0 radical (unpaired) electrons. The number of nitrogens with one attached hydrogen (secondary N) is 1. The molecule has 0 aromatic carbocycles. The van der Waals surface area contributed by atoms with Gasteiger partial charge in [-0.2, -0.15) is 0 Å². The van der Waals surface area contributed by atoms with Crippen LogP contribution in [0.25, 0.3) is 11.3 Å². The lowest BCUT2D eigenvalue weighted by atomic mass is 10.1. The molecule has 0 aliphatic rings. The lowest BCUT2D eigenvalue weighted by Crippen LogP contribution is -2.23. The molecular weight excluding hydrogens is 334 g/mol. The van der Waals surface area contributed by atoms with Crippen molar-refractivity contribution in [1.82, 2.24) is 25.7 Å².